The van der Waals surface area contributed by atoms with E-state index in [0.717, 1.165) is 28.1 Å². The second-order valence-corrected chi connectivity index (χ2v) is 7.66. The Morgan fingerprint density at radius 1 is 0.786 bits per heavy atom. The molecule has 5 heteroatoms. The molecular weight excluding hydrogens is 348 g/mol. The van der Waals surface area contributed by atoms with Gasteiger partial charge in [0.1, 0.15) is 0 Å². The van der Waals surface area contributed by atoms with Gasteiger partial charge in [0.25, 0.3) is 5.56 Å². The van der Waals surface area contributed by atoms with E-state index in [0.29, 0.717) is 5.56 Å². The molecule has 146 valence electrons. The van der Waals surface area contributed by atoms with Crippen molar-refractivity contribution in [2.24, 2.45) is 0 Å². The summed E-state index contributed by atoms with van der Waals surface area (Å²) in [5.41, 5.74) is 5.57. The van der Waals surface area contributed by atoms with Crippen LogP contribution in [0.4, 0.5) is 11.4 Å². The van der Waals surface area contributed by atoms with Crippen LogP contribution in [0, 0.1) is 0 Å². The second-order valence-electron chi connectivity index (χ2n) is 7.66. The summed E-state index contributed by atoms with van der Waals surface area (Å²) in [6.07, 6.45) is 1.81. The van der Waals surface area contributed by atoms with E-state index in [4.69, 9.17) is 0 Å². The Labute approximate surface area is 166 Å². The summed E-state index contributed by atoms with van der Waals surface area (Å²) in [6.45, 7) is 3.94. The van der Waals surface area contributed by atoms with Crippen LogP contribution >= 0.6 is 0 Å². The topological polar surface area (TPSA) is 41.4 Å². The van der Waals surface area contributed by atoms with Crippen LogP contribution in [0.15, 0.2) is 59.5 Å². The van der Waals surface area contributed by atoms with Gasteiger partial charge in [-0.05, 0) is 49.2 Å². The Morgan fingerprint density at radius 2 is 1.25 bits per heavy atom. The summed E-state index contributed by atoms with van der Waals surface area (Å²) in [7, 11) is 8.03. The average Bonchev–Trinajstić information content (AvgIpc) is 2.67. The molecule has 1 aromatic heterocycles. The van der Waals surface area contributed by atoms with E-state index in [-0.39, 0.29) is 11.6 Å². The Hall–Kier alpha value is -3.08. The predicted octanol–water partition coefficient (Wildman–Crippen LogP) is 4.29. The molecule has 0 atom stereocenters. The monoisotopic (exact) mass is 376 g/mol. The molecule has 0 aliphatic heterocycles. The van der Waals surface area contributed by atoms with Gasteiger partial charge in [0.2, 0.25) is 0 Å². The van der Waals surface area contributed by atoms with Gasteiger partial charge >= 0.3 is 0 Å². The quantitative estimate of drug-likeness (QED) is 0.666. The fourth-order valence-corrected chi connectivity index (χ4v) is 3.20. The van der Waals surface area contributed by atoms with E-state index in [1.165, 1.54) is 0 Å². The zero-order valence-corrected chi connectivity index (χ0v) is 17.5. The zero-order chi connectivity index (χ0) is 20.4. The lowest BCUT2D eigenvalue weighted by atomic mass is 9.96. The Kier molecular flexibility index (Phi) is 5.54. The summed E-state index contributed by atoms with van der Waals surface area (Å²) >= 11 is 0. The molecule has 0 saturated heterocycles. The van der Waals surface area contributed by atoms with Crippen molar-refractivity contribution in [2.75, 3.05) is 38.0 Å². The number of hydrogen-bond acceptors (Lipinski definition) is 4. The Bertz CT molecular complexity index is 1000. The molecule has 0 radical (unpaired) electrons. The van der Waals surface area contributed by atoms with Gasteiger partial charge in [-0.25, -0.2) is 4.68 Å². The highest BCUT2D eigenvalue weighted by Crippen LogP contribution is 2.31. The van der Waals surface area contributed by atoms with Crippen LogP contribution in [-0.4, -0.2) is 38.0 Å². The zero-order valence-electron chi connectivity index (χ0n) is 17.5. The molecule has 28 heavy (non-hydrogen) atoms. The maximum atomic E-state index is 13.3. The van der Waals surface area contributed by atoms with Crippen LogP contribution in [0.3, 0.4) is 0 Å². The normalized spacial score (nSPS) is 11.0. The fourth-order valence-electron chi connectivity index (χ4n) is 3.20. The van der Waals surface area contributed by atoms with E-state index in [9.17, 15) is 4.79 Å². The number of rotatable bonds is 5. The van der Waals surface area contributed by atoms with Gasteiger partial charge in [-0.3, -0.25) is 4.79 Å². The van der Waals surface area contributed by atoms with Crippen LogP contribution in [-0.2, 0) is 0 Å². The first-order chi connectivity index (χ1) is 13.3. The molecule has 3 rings (SSSR count). The van der Waals surface area contributed by atoms with E-state index in [1.54, 1.807) is 10.9 Å². The third kappa shape index (κ3) is 3.79. The maximum Gasteiger partial charge on any atom is 0.275 e. The van der Waals surface area contributed by atoms with Gasteiger partial charge in [-0.1, -0.05) is 24.3 Å². The third-order valence-electron chi connectivity index (χ3n) is 4.86. The first-order valence-corrected chi connectivity index (χ1v) is 9.47. The minimum absolute atomic E-state index is 0.00235. The summed E-state index contributed by atoms with van der Waals surface area (Å²) in [5.74, 6) is 0. The van der Waals surface area contributed by atoms with Crippen molar-refractivity contribution >= 4 is 11.4 Å². The molecule has 0 spiro atoms. The van der Waals surface area contributed by atoms with Crippen LogP contribution in [0.5, 0.6) is 0 Å². The highest BCUT2D eigenvalue weighted by molar-refractivity contribution is 5.83. The van der Waals surface area contributed by atoms with Crippen molar-refractivity contribution in [3.8, 4) is 22.3 Å². The van der Waals surface area contributed by atoms with E-state index in [1.807, 2.05) is 83.3 Å². The van der Waals surface area contributed by atoms with Gasteiger partial charge in [-0.15, -0.1) is 0 Å². The van der Waals surface area contributed by atoms with Gasteiger partial charge in [0, 0.05) is 45.1 Å². The fraction of sp³-hybridized carbons (Fsp3) is 0.304. The van der Waals surface area contributed by atoms with Crippen LogP contribution < -0.4 is 15.4 Å². The standard InChI is InChI=1S/C23H28N4O/c1-16(2)27-23(28)22(18-9-13-20(14-10-18)26(5)6)21(15-24-27)17-7-11-19(12-8-17)25(3)4/h7-16H,1-6H3. The van der Waals surface area contributed by atoms with Crippen LogP contribution in [0.2, 0.25) is 0 Å². The van der Waals surface area contributed by atoms with Crippen molar-refractivity contribution in [3.63, 3.8) is 0 Å². The summed E-state index contributed by atoms with van der Waals surface area (Å²) in [4.78, 5) is 17.4. The molecule has 0 N–H and O–H groups in total. The third-order valence-corrected chi connectivity index (χ3v) is 4.86. The molecule has 0 fully saturated rings. The molecule has 0 aliphatic rings. The molecule has 2 aromatic carbocycles. The minimum atomic E-state index is -0.0678. The smallest absolute Gasteiger partial charge is 0.275 e. The van der Waals surface area contributed by atoms with E-state index >= 15 is 0 Å². The summed E-state index contributed by atoms with van der Waals surface area (Å²) < 4.78 is 1.55. The first kappa shape index (κ1) is 19.7. The number of nitrogens with zero attached hydrogens (tertiary/aromatic N) is 4. The molecule has 0 amide bonds. The first-order valence-electron chi connectivity index (χ1n) is 9.47. The lowest BCUT2D eigenvalue weighted by molar-refractivity contribution is 0.504. The molecule has 0 aliphatic carbocycles. The average molecular weight is 377 g/mol. The van der Waals surface area contributed by atoms with Gasteiger partial charge in [0.15, 0.2) is 0 Å². The molecule has 1 heterocycles. The van der Waals surface area contributed by atoms with Crippen LogP contribution in [0.1, 0.15) is 19.9 Å². The molecule has 3 aromatic rings. The maximum absolute atomic E-state index is 13.3. The molecule has 0 bridgehead atoms. The van der Waals surface area contributed by atoms with Crippen molar-refractivity contribution < 1.29 is 0 Å². The SMILES string of the molecule is CC(C)n1ncc(-c2ccc(N(C)C)cc2)c(-c2ccc(N(C)C)cc2)c1=O. The largest absolute Gasteiger partial charge is 0.378 e. The van der Waals surface area contributed by atoms with Gasteiger partial charge < -0.3 is 9.80 Å². The number of benzene rings is 2. The predicted molar refractivity (Wildman–Crippen MR) is 118 cm³/mol. The van der Waals surface area contributed by atoms with E-state index in [2.05, 4.69) is 22.1 Å². The van der Waals surface area contributed by atoms with Crippen molar-refractivity contribution in [1.29, 1.82) is 0 Å². The number of aromatic nitrogens is 2. The van der Waals surface area contributed by atoms with Crippen LogP contribution in [0.25, 0.3) is 22.3 Å². The number of hydrogen-bond donors (Lipinski definition) is 0. The van der Waals surface area contributed by atoms with Crippen molar-refractivity contribution in [2.45, 2.75) is 19.9 Å². The minimum Gasteiger partial charge on any atom is -0.378 e. The summed E-state index contributed by atoms with van der Waals surface area (Å²) in [5, 5.41) is 4.43. The second kappa shape index (κ2) is 7.89. The molecule has 0 saturated carbocycles. The Balaban J connectivity index is 2.20. The van der Waals surface area contributed by atoms with E-state index < -0.39 is 0 Å². The highest BCUT2D eigenvalue weighted by atomic mass is 16.1. The van der Waals surface area contributed by atoms with Gasteiger partial charge in [-0.2, -0.15) is 5.10 Å². The lowest BCUT2D eigenvalue weighted by Crippen LogP contribution is -2.26. The Morgan fingerprint density at radius 3 is 1.68 bits per heavy atom. The highest BCUT2D eigenvalue weighted by Gasteiger charge is 2.17. The van der Waals surface area contributed by atoms with Gasteiger partial charge in [0.05, 0.1) is 17.8 Å². The van der Waals surface area contributed by atoms with Crippen molar-refractivity contribution in [3.05, 3.63) is 65.1 Å². The number of anilines is 2. The molecule has 0 unspecified atom stereocenters. The molecule has 5 nitrogen and oxygen atoms in total. The lowest BCUT2D eigenvalue weighted by Gasteiger charge is -2.17. The van der Waals surface area contributed by atoms with Crippen molar-refractivity contribution in [1.82, 2.24) is 9.78 Å². The summed E-state index contributed by atoms with van der Waals surface area (Å²) in [6, 6.07) is 16.3. The molecular formula is C23H28N4O.